The molecule has 4 aromatic rings. The number of fused-ring (bicyclic) bond motifs is 1. The fourth-order valence-corrected chi connectivity index (χ4v) is 3.97. The van der Waals surface area contributed by atoms with Crippen LogP contribution >= 0.6 is 0 Å². The molecule has 6 heteroatoms. The number of benzene rings is 2. The smallest absolute Gasteiger partial charge is 0.144 e. The molecule has 2 aromatic carbocycles. The van der Waals surface area contributed by atoms with Crippen molar-refractivity contribution in [1.82, 2.24) is 14.5 Å². The van der Waals surface area contributed by atoms with E-state index >= 15 is 0 Å². The summed E-state index contributed by atoms with van der Waals surface area (Å²) < 4.78 is 2.20. The molecule has 6 nitrogen and oxygen atoms in total. The quantitative estimate of drug-likeness (QED) is 0.307. The molecule has 0 amide bonds. The molecule has 152 valence electrons. The van der Waals surface area contributed by atoms with Gasteiger partial charge in [-0.3, -0.25) is 0 Å². The molecule has 3 N–H and O–H groups in total. The second kappa shape index (κ2) is 7.63. The third-order valence-corrected chi connectivity index (χ3v) is 5.71. The lowest BCUT2D eigenvalue weighted by Gasteiger charge is -2.11. The number of rotatable bonds is 4. The first kappa shape index (κ1) is 19.6. The number of phenolic OH excluding ortho intramolecular Hbond substituents is 1. The summed E-state index contributed by atoms with van der Waals surface area (Å²) in [5.74, 6) is 6.12. The molecule has 0 aliphatic rings. The van der Waals surface area contributed by atoms with Crippen molar-refractivity contribution in [3.63, 3.8) is 0 Å². The van der Waals surface area contributed by atoms with E-state index in [9.17, 15) is 5.11 Å². The largest absolute Gasteiger partial charge is 0.507 e. The van der Waals surface area contributed by atoms with E-state index in [2.05, 4.69) is 45.6 Å². The highest BCUT2D eigenvalue weighted by atomic mass is 16.3. The molecule has 0 spiro atoms. The topological polar surface area (TPSA) is 89.3 Å². The molecule has 0 saturated heterocycles. The second-order valence-electron chi connectivity index (χ2n) is 7.64. The van der Waals surface area contributed by atoms with Crippen LogP contribution in [-0.4, -0.2) is 25.4 Å². The molecule has 0 aliphatic carbocycles. The van der Waals surface area contributed by atoms with Crippen molar-refractivity contribution in [2.24, 2.45) is 10.9 Å². The molecule has 0 bridgehead atoms. The van der Waals surface area contributed by atoms with E-state index in [-0.39, 0.29) is 5.75 Å². The first-order valence-electron chi connectivity index (χ1n) is 9.85. The van der Waals surface area contributed by atoms with Crippen LogP contribution in [0.25, 0.3) is 11.0 Å². The van der Waals surface area contributed by atoms with Gasteiger partial charge in [0.05, 0.1) is 5.39 Å². The Hall–Kier alpha value is -3.67. The summed E-state index contributed by atoms with van der Waals surface area (Å²) >= 11 is 0. The monoisotopic (exact) mass is 399 g/mol. The van der Waals surface area contributed by atoms with Crippen LogP contribution in [0.15, 0.2) is 53.9 Å². The maximum absolute atomic E-state index is 10.2. The Morgan fingerprint density at radius 1 is 1.03 bits per heavy atom. The van der Waals surface area contributed by atoms with Gasteiger partial charge in [0.2, 0.25) is 0 Å². The molecule has 4 rings (SSSR count). The number of hydrogen-bond acceptors (Lipinski definition) is 5. The standard InChI is InChI=1S/C24H25N5O/c1-14-10-19(11-15(2)23(14)30)21(28-25)22-20-16(3)17(4)29(24(20)27-13-26-22)12-18-8-6-5-7-9-18/h5-11,13,30H,12,25H2,1-4H3. The Kier molecular flexibility index (Phi) is 4.99. The van der Waals surface area contributed by atoms with Crippen LogP contribution in [-0.2, 0) is 6.54 Å². The third kappa shape index (κ3) is 3.20. The van der Waals surface area contributed by atoms with E-state index in [0.717, 1.165) is 45.5 Å². The zero-order valence-corrected chi connectivity index (χ0v) is 17.6. The number of aromatic hydroxyl groups is 1. The number of aryl methyl sites for hydroxylation is 3. The molecule has 2 heterocycles. The van der Waals surface area contributed by atoms with Gasteiger partial charge >= 0.3 is 0 Å². The van der Waals surface area contributed by atoms with Crippen LogP contribution in [0.2, 0.25) is 0 Å². The van der Waals surface area contributed by atoms with Crippen molar-refractivity contribution in [3.05, 3.63) is 88.0 Å². The van der Waals surface area contributed by atoms with Crippen LogP contribution in [0.5, 0.6) is 5.75 Å². The summed E-state index contributed by atoms with van der Waals surface area (Å²) in [7, 11) is 0. The van der Waals surface area contributed by atoms with Crippen molar-refractivity contribution < 1.29 is 5.11 Å². The van der Waals surface area contributed by atoms with Gasteiger partial charge in [-0.05, 0) is 62.1 Å². The zero-order chi connectivity index (χ0) is 21.4. The van der Waals surface area contributed by atoms with E-state index in [4.69, 9.17) is 5.84 Å². The van der Waals surface area contributed by atoms with Gasteiger partial charge < -0.3 is 15.5 Å². The molecule has 0 unspecified atom stereocenters. The molecule has 0 fully saturated rings. The predicted molar refractivity (Wildman–Crippen MR) is 120 cm³/mol. The Bertz CT molecular complexity index is 1250. The molecule has 2 aromatic heterocycles. The number of nitrogens with zero attached hydrogens (tertiary/aromatic N) is 4. The summed E-state index contributed by atoms with van der Waals surface area (Å²) in [6.45, 7) is 8.62. The normalized spacial score (nSPS) is 11.9. The Morgan fingerprint density at radius 2 is 1.70 bits per heavy atom. The highest BCUT2D eigenvalue weighted by Crippen LogP contribution is 2.30. The summed E-state index contributed by atoms with van der Waals surface area (Å²) in [6, 6.07) is 14.1. The zero-order valence-electron chi connectivity index (χ0n) is 17.6. The minimum absolute atomic E-state index is 0.281. The van der Waals surface area contributed by atoms with Gasteiger partial charge in [-0.15, -0.1) is 0 Å². The van der Waals surface area contributed by atoms with E-state index in [1.165, 1.54) is 5.56 Å². The lowest BCUT2D eigenvalue weighted by molar-refractivity contribution is 0.467. The van der Waals surface area contributed by atoms with E-state index in [0.29, 0.717) is 11.4 Å². The Labute approximate surface area is 175 Å². The number of hydrogen-bond donors (Lipinski definition) is 2. The van der Waals surface area contributed by atoms with E-state index in [1.807, 2.05) is 44.2 Å². The first-order chi connectivity index (χ1) is 14.4. The SMILES string of the molecule is Cc1cc(C(=NN)c2ncnc3c2c(C)c(C)n3Cc2ccccc2)cc(C)c1O. The maximum atomic E-state index is 10.2. The van der Waals surface area contributed by atoms with Crippen molar-refractivity contribution >= 4 is 16.7 Å². The average molecular weight is 399 g/mol. The fourth-order valence-electron chi connectivity index (χ4n) is 3.97. The van der Waals surface area contributed by atoms with Crippen LogP contribution < -0.4 is 5.84 Å². The number of nitrogens with two attached hydrogens (primary N) is 1. The van der Waals surface area contributed by atoms with Crippen LogP contribution in [0.1, 0.15) is 39.2 Å². The molecule has 0 atom stereocenters. The molecule has 30 heavy (non-hydrogen) atoms. The van der Waals surface area contributed by atoms with Crippen molar-refractivity contribution in [3.8, 4) is 5.75 Å². The predicted octanol–water partition coefficient (Wildman–Crippen LogP) is 4.13. The maximum Gasteiger partial charge on any atom is 0.144 e. The van der Waals surface area contributed by atoms with Crippen molar-refractivity contribution in [2.75, 3.05) is 0 Å². The van der Waals surface area contributed by atoms with Gasteiger partial charge in [0, 0.05) is 17.8 Å². The van der Waals surface area contributed by atoms with Gasteiger partial charge in [-0.25, -0.2) is 9.97 Å². The average Bonchev–Trinajstić information content (AvgIpc) is 2.99. The van der Waals surface area contributed by atoms with Gasteiger partial charge in [0.1, 0.15) is 29.1 Å². The van der Waals surface area contributed by atoms with Crippen molar-refractivity contribution in [1.29, 1.82) is 0 Å². The molecule has 0 aliphatic heterocycles. The van der Waals surface area contributed by atoms with Crippen LogP contribution in [0.4, 0.5) is 0 Å². The highest BCUT2D eigenvalue weighted by Gasteiger charge is 2.21. The minimum Gasteiger partial charge on any atom is -0.507 e. The number of aromatic nitrogens is 3. The second-order valence-corrected chi connectivity index (χ2v) is 7.64. The van der Waals surface area contributed by atoms with Crippen LogP contribution in [0.3, 0.4) is 0 Å². The van der Waals surface area contributed by atoms with E-state index in [1.54, 1.807) is 6.33 Å². The summed E-state index contributed by atoms with van der Waals surface area (Å²) in [4.78, 5) is 9.16. The molecule has 0 saturated carbocycles. The fraction of sp³-hybridized carbons (Fsp3) is 0.208. The first-order valence-corrected chi connectivity index (χ1v) is 9.85. The third-order valence-electron chi connectivity index (χ3n) is 5.71. The number of phenols is 1. The lowest BCUT2D eigenvalue weighted by Crippen LogP contribution is -2.11. The molecule has 0 radical (unpaired) electrons. The Balaban J connectivity index is 1.91. The van der Waals surface area contributed by atoms with E-state index < -0.39 is 0 Å². The summed E-state index contributed by atoms with van der Waals surface area (Å²) in [5.41, 5.74) is 7.92. The molecular formula is C24H25N5O. The van der Waals surface area contributed by atoms with Crippen molar-refractivity contribution in [2.45, 2.75) is 34.2 Å². The number of hydrazone groups is 1. The van der Waals surface area contributed by atoms with Gasteiger partial charge in [0.25, 0.3) is 0 Å². The Morgan fingerprint density at radius 3 is 2.33 bits per heavy atom. The van der Waals surface area contributed by atoms with Gasteiger partial charge in [-0.1, -0.05) is 30.3 Å². The van der Waals surface area contributed by atoms with Gasteiger partial charge in [-0.2, -0.15) is 5.10 Å². The lowest BCUT2D eigenvalue weighted by atomic mass is 9.98. The minimum atomic E-state index is 0.281. The summed E-state index contributed by atoms with van der Waals surface area (Å²) in [5, 5.41) is 15.2. The highest BCUT2D eigenvalue weighted by molar-refractivity contribution is 6.18. The molecular weight excluding hydrogens is 374 g/mol. The van der Waals surface area contributed by atoms with Gasteiger partial charge in [0.15, 0.2) is 0 Å². The van der Waals surface area contributed by atoms with Crippen LogP contribution in [0, 0.1) is 27.7 Å². The summed E-state index contributed by atoms with van der Waals surface area (Å²) in [6.07, 6.45) is 1.56.